The van der Waals surface area contributed by atoms with Gasteiger partial charge in [-0.05, 0) is 59.3 Å². The number of hydrogen-bond donors (Lipinski definition) is 0. The molecule has 0 bridgehead atoms. The summed E-state index contributed by atoms with van der Waals surface area (Å²) in [4.78, 5) is 4.57. The molecule has 0 aliphatic heterocycles. The van der Waals surface area contributed by atoms with Gasteiger partial charge in [-0.3, -0.25) is 4.40 Å². The van der Waals surface area contributed by atoms with Crippen molar-refractivity contribution in [3.63, 3.8) is 0 Å². The first-order chi connectivity index (χ1) is 9.29. The van der Waals surface area contributed by atoms with Crippen LogP contribution in [0.25, 0.3) is 16.9 Å². The van der Waals surface area contributed by atoms with Crippen molar-refractivity contribution in [3.8, 4) is 17.1 Å². The highest BCUT2D eigenvalue weighted by Gasteiger charge is 2.10. The van der Waals surface area contributed by atoms with Crippen molar-refractivity contribution in [1.29, 1.82) is 0 Å². The molecule has 0 N–H and O–H groups in total. The van der Waals surface area contributed by atoms with Crippen LogP contribution in [0.5, 0.6) is 5.75 Å². The highest BCUT2D eigenvalue weighted by Crippen LogP contribution is 2.27. The van der Waals surface area contributed by atoms with Gasteiger partial charge in [0.25, 0.3) is 0 Å². The monoisotopic (exact) mass is 316 g/mol. The zero-order valence-electron chi connectivity index (χ0n) is 10.5. The molecule has 4 heteroatoms. The number of pyridine rings is 1. The van der Waals surface area contributed by atoms with Crippen LogP contribution in [-0.2, 0) is 0 Å². The van der Waals surface area contributed by atoms with Gasteiger partial charge in [0, 0.05) is 11.8 Å². The number of nitrogens with zero attached hydrogens (tertiary/aromatic N) is 2. The highest BCUT2D eigenvalue weighted by atomic mass is 79.9. The molecule has 2 aromatic heterocycles. The normalized spacial score (nSPS) is 10.8. The number of rotatable bonds is 3. The van der Waals surface area contributed by atoms with E-state index in [1.54, 1.807) is 0 Å². The molecule has 3 aromatic rings. The lowest BCUT2D eigenvalue weighted by molar-refractivity contribution is 0.340. The van der Waals surface area contributed by atoms with E-state index >= 15 is 0 Å². The van der Waals surface area contributed by atoms with Crippen molar-refractivity contribution in [2.75, 3.05) is 6.61 Å². The van der Waals surface area contributed by atoms with E-state index in [1.807, 2.05) is 55.6 Å². The van der Waals surface area contributed by atoms with Crippen molar-refractivity contribution in [2.45, 2.75) is 6.92 Å². The van der Waals surface area contributed by atoms with Crippen LogP contribution in [0.2, 0.25) is 0 Å². The number of hydrogen-bond acceptors (Lipinski definition) is 2. The minimum absolute atomic E-state index is 0.678. The maximum Gasteiger partial charge on any atom is 0.145 e. The van der Waals surface area contributed by atoms with Crippen molar-refractivity contribution in [1.82, 2.24) is 9.38 Å². The van der Waals surface area contributed by atoms with E-state index < -0.39 is 0 Å². The lowest BCUT2D eigenvalue weighted by Crippen LogP contribution is -1.92. The molecule has 0 spiro atoms. The fourth-order valence-electron chi connectivity index (χ4n) is 2.07. The fraction of sp³-hybridized carbons (Fsp3) is 0.133. The van der Waals surface area contributed by atoms with Crippen LogP contribution in [0.4, 0.5) is 0 Å². The Morgan fingerprint density at radius 2 is 1.95 bits per heavy atom. The summed E-state index contributed by atoms with van der Waals surface area (Å²) in [5, 5.41) is 0. The van der Waals surface area contributed by atoms with Crippen LogP contribution in [-0.4, -0.2) is 16.0 Å². The highest BCUT2D eigenvalue weighted by molar-refractivity contribution is 9.10. The Hall–Kier alpha value is -1.81. The first-order valence-corrected chi connectivity index (χ1v) is 6.94. The lowest BCUT2D eigenvalue weighted by Gasteiger charge is -2.04. The molecule has 96 valence electrons. The predicted molar refractivity (Wildman–Crippen MR) is 79.5 cm³/mol. The second kappa shape index (κ2) is 5.05. The van der Waals surface area contributed by atoms with Gasteiger partial charge < -0.3 is 4.74 Å². The molecule has 2 heterocycles. The Kier molecular flexibility index (Phi) is 3.25. The van der Waals surface area contributed by atoms with E-state index in [4.69, 9.17) is 4.74 Å². The third kappa shape index (κ3) is 2.24. The second-order valence-corrected chi connectivity index (χ2v) is 4.89. The third-order valence-corrected chi connectivity index (χ3v) is 3.51. The van der Waals surface area contributed by atoms with Gasteiger partial charge in [-0.2, -0.15) is 0 Å². The maximum absolute atomic E-state index is 5.45. The van der Waals surface area contributed by atoms with Crippen LogP contribution in [0.3, 0.4) is 0 Å². The molecule has 0 amide bonds. The van der Waals surface area contributed by atoms with Crippen molar-refractivity contribution >= 4 is 21.4 Å². The zero-order valence-corrected chi connectivity index (χ0v) is 12.1. The zero-order chi connectivity index (χ0) is 13.2. The van der Waals surface area contributed by atoms with E-state index in [0.29, 0.717) is 6.61 Å². The van der Waals surface area contributed by atoms with E-state index in [9.17, 15) is 0 Å². The minimum atomic E-state index is 0.678. The SMILES string of the molecule is CCOc1ccc(-c2nc(Br)c3ccccn23)cc1. The number of ether oxygens (including phenoxy) is 1. The third-order valence-electron chi connectivity index (χ3n) is 2.93. The van der Waals surface area contributed by atoms with Gasteiger partial charge >= 0.3 is 0 Å². The Morgan fingerprint density at radius 3 is 2.68 bits per heavy atom. The Balaban J connectivity index is 2.09. The van der Waals surface area contributed by atoms with Crippen molar-refractivity contribution in [3.05, 3.63) is 53.3 Å². The predicted octanol–water partition coefficient (Wildman–Crippen LogP) is 4.16. The van der Waals surface area contributed by atoms with Gasteiger partial charge in [-0.25, -0.2) is 4.98 Å². The molecule has 0 aliphatic rings. The molecule has 0 saturated heterocycles. The quantitative estimate of drug-likeness (QED) is 0.725. The summed E-state index contributed by atoms with van der Waals surface area (Å²) in [6.07, 6.45) is 2.01. The van der Waals surface area contributed by atoms with Gasteiger partial charge in [0.05, 0.1) is 12.1 Å². The summed E-state index contributed by atoms with van der Waals surface area (Å²) in [5.41, 5.74) is 2.13. The summed E-state index contributed by atoms with van der Waals surface area (Å²) >= 11 is 3.50. The largest absolute Gasteiger partial charge is 0.494 e. The average Bonchev–Trinajstić information content (AvgIpc) is 2.78. The number of benzene rings is 1. The molecule has 3 rings (SSSR count). The van der Waals surface area contributed by atoms with Crippen molar-refractivity contribution in [2.24, 2.45) is 0 Å². The van der Waals surface area contributed by atoms with Gasteiger partial charge in [0.15, 0.2) is 0 Å². The summed E-state index contributed by atoms with van der Waals surface area (Å²) in [7, 11) is 0. The number of imidazole rings is 1. The Morgan fingerprint density at radius 1 is 1.16 bits per heavy atom. The molecule has 0 unspecified atom stereocenters. The molecule has 19 heavy (non-hydrogen) atoms. The maximum atomic E-state index is 5.45. The Labute approximate surface area is 120 Å². The number of fused-ring (bicyclic) bond motifs is 1. The second-order valence-electron chi connectivity index (χ2n) is 4.14. The molecule has 3 nitrogen and oxygen atoms in total. The summed E-state index contributed by atoms with van der Waals surface area (Å²) < 4.78 is 8.38. The molecule has 1 aromatic carbocycles. The van der Waals surface area contributed by atoms with Crippen LogP contribution < -0.4 is 4.74 Å². The first kappa shape index (κ1) is 12.2. The lowest BCUT2D eigenvalue weighted by atomic mass is 10.2. The van der Waals surface area contributed by atoms with Gasteiger partial charge in [0.2, 0.25) is 0 Å². The van der Waals surface area contributed by atoms with Crippen LogP contribution in [0.1, 0.15) is 6.92 Å². The van der Waals surface area contributed by atoms with Crippen LogP contribution in [0, 0.1) is 0 Å². The molecule has 0 saturated carbocycles. The van der Waals surface area contributed by atoms with E-state index in [-0.39, 0.29) is 0 Å². The topological polar surface area (TPSA) is 26.5 Å². The van der Waals surface area contributed by atoms with Gasteiger partial charge in [0.1, 0.15) is 16.2 Å². The summed E-state index contributed by atoms with van der Waals surface area (Å²) in [5.74, 6) is 1.80. The minimum Gasteiger partial charge on any atom is -0.494 e. The molecule has 0 aliphatic carbocycles. The number of aromatic nitrogens is 2. The van der Waals surface area contributed by atoms with E-state index in [2.05, 4.69) is 25.3 Å². The molecule has 0 atom stereocenters. The summed E-state index contributed by atoms with van der Waals surface area (Å²) in [6.45, 7) is 2.66. The number of halogens is 1. The van der Waals surface area contributed by atoms with Gasteiger partial charge in [-0.15, -0.1) is 0 Å². The average molecular weight is 317 g/mol. The smallest absolute Gasteiger partial charge is 0.145 e. The first-order valence-electron chi connectivity index (χ1n) is 6.15. The molecular weight excluding hydrogens is 304 g/mol. The fourth-order valence-corrected chi connectivity index (χ4v) is 2.56. The van der Waals surface area contributed by atoms with Gasteiger partial charge in [-0.1, -0.05) is 6.07 Å². The molecule has 0 radical (unpaired) electrons. The van der Waals surface area contributed by atoms with E-state index in [0.717, 1.165) is 27.3 Å². The Bertz CT molecular complexity index is 704. The van der Waals surface area contributed by atoms with E-state index in [1.165, 1.54) is 0 Å². The molecule has 0 fully saturated rings. The van der Waals surface area contributed by atoms with Crippen LogP contribution >= 0.6 is 15.9 Å². The summed E-state index contributed by atoms with van der Waals surface area (Å²) in [6, 6.07) is 14.0. The van der Waals surface area contributed by atoms with Crippen LogP contribution in [0.15, 0.2) is 53.3 Å². The molecular formula is C15H13BrN2O. The van der Waals surface area contributed by atoms with Crippen molar-refractivity contribution < 1.29 is 4.74 Å². The standard InChI is InChI=1S/C15H13BrN2O/c1-2-19-12-8-6-11(7-9-12)15-17-14(16)13-5-3-4-10-18(13)15/h3-10H,2H2,1H3.